The number of hydrazine groups is 1. The Labute approximate surface area is 181 Å². The Bertz CT molecular complexity index is 902. The maximum Gasteiger partial charge on any atom is 0.319 e. The minimum Gasteiger partial charge on any atom is -0.493 e. The van der Waals surface area contributed by atoms with E-state index in [0.717, 1.165) is 0 Å². The number of carbonyl (C=O) groups is 3. The quantitative estimate of drug-likeness (QED) is 0.482. The third-order valence-corrected chi connectivity index (χ3v) is 4.29. The molecule has 2 aromatic carbocycles. The molecule has 0 saturated heterocycles. The molecule has 9 heteroatoms. The van der Waals surface area contributed by atoms with Crippen LogP contribution in [0.5, 0.6) is 11.5 Å². The first-order valence-electron chi connectivity index (χ1n) is 9.89. The average molecular weight is 428 g/mol. The monoisotopic (exact) mass is 428 g/mol. The first kappa shape index (κ1) is 23.5. The van der Waals surface area contributed by atoms with Crippen molar-refractivity contribution in [3.05, 3.63) is 54.1 Å². The number of benzene rings is 2. The van der Waals surface area contributed by atoms with Gasteiger partial charge >= 0.3 is 6.03 Å². The fourth-order valence-corrected chi connectivity index (χ4v) is 2.72. The number of para-hydroxylation sites is 1. The van der Waals surface area contributed by atoms with Crippen LogP contribution in [0.3, 0.4) is 0 Å². The third-order valence-electron chi connectivity index (χ3n) is 4.29. The van der Waals surface area contributed by atoms with E-state index in [1.54, 1.807) is 50.2 Å². The van der Waals surface area contributed by atoms with Crippen molar-refractivity contribution in [3.63, 3.8) is 0 Å². The highest BCUT2D eigenvalue weighted by Crippen LogP contribution is 2.27. The highest BCUT2D eigenvalue weighted by Gasteiger charge is 2.25. The van der Waals surface area contributed by atoms with E-state index in [9.17, 15) is 14.4 Å². The number of anilines is 1. The molecule has 1 unspecified atom stereocenters. The molecular weight excluding hydrogens is 400 g/mol. The topological polar surface area (TPSA) is 118 Å². The fraction of sp³-hybridized carbons (Fsp3) is 0.318. The van der Waals surface area contributed by atoms with E-state index < -0.39 is 23.9 Å². The second-order valence-corrected chi connectivity index (χ2v) is 6.93. The lowest BCUT2D eigenvalue weighted by atomic mass is 10.0. The highest BCUT2D eigenvalue weighted by atomic mass is 16.5. The minimum atomic E-state index is -0.862. The summed E-state index contributed by atoms with van der Waals surface area (Å²) in [5, 5.41) is 5.28. The van der Waals surface area contributed by atoms with Gasteiger partial charge in [-0.05, 0) is 43.2 Å². The molecule has 0 fully saturated rings. The number of hydrogen-bond acceptors (Lipinski definition) is 5. The standard InChI is InChI=1S/C22H28N4O5/c1-5-31-17-12-11-15(13-18(17)30-4)20(27)25-26-21(28)19(14(2)3)24-22(29)23-16-9-7-6-8-10-16/h6-14,19H,5H2,1-4H3,(H,25,27)(H,26,28)(H2,23,24,29). The van der Waals surface area contributed by atoms with E-state index in [1.807, 2.05) is 13.0 Å². The number of carbonyl (C=O) groups excluding carboxylic acids is 3. The molecule has 4 amide bonds. The fourth-order valence-electron chi connectivity index (χ4n) is 2.72. The summed E-state index contributed by atoms with van der Waals surface area (Å²) in [6.07, 6.45) is 0. The number of rotatable bonds is 8. The minimum absolute atomic E-state index is 0.219. The summed E-state index contributed by atoms with van der Waals surface area (Å²) in [6.45, 7) is 5.87. The van der Waals surface area contributed by atoms with Crippen LogP contribution in [0.25, 0.3) is 0 Å². The number of urea groups is 1. The van der Waals surface area contributed by atoms with Gasteiger partial charge in [0.15, 0.2) is 11.5 Å². The molecule has 166 valence electrons. The molecule has 4 N–H and O–H groups in total. The number of hydrogen-bond donors (Lipinski definition) is 4. The van der Waals surface area contributed by atoms with Crippen LogP contribution < -0.4 is 31.0 Å². The van der Waals surface area contributed by atoms with E-state index in [1.165, 1.54) is 13.2 Å². The Morgan fingerprint density at radius 1 is 0.968 bits per heavy atom. The Morgan fingerprint density at radius 2 is 1.68 bits per heavy atom. The van der Waals surface area contributed by atoms with Gasteiger partial charge in [-0.1, -0.05) is 32.0 Å². The summed E-state index contributed by atoms with van der Waals surface area (Å²) in [4.78, 5) is 37.2. The van der Waals surface area contributed by atoms with Crippen LogP contribution in [0.1, 0.15) is 31.1 Å². The lowest BCUT2D eigenvalue weighted by molar-refractivity contribution is -0.124. The van der Waals surface area contributed by atoms with Crippen LogP contribution in [0.2, 0.25) is 0 Å². The van der Waals surface area contributed by atoms with Gasteiger partial charge in [-0.3, -0.25) is 20.4 Å². The predicted molar refractivity (Wildman–Crippen MR) is 117 cm³/mol. The number of ether oxygens (including phenoxy) is 2. The Balaban J connectivity index is 1.96. The zero-order chi connectivity index (χ0) is 22.8. The van der Waals surface area contributed by atoms with Crippen molar-refractivity contribution in [1.82, 2.24) is 16.2 Å². The van der Waals surface area contributed by atoms with Crippen molar-refractivity contribution in [3.8, 4) is 11.5 Å². The van der Waals surface area contributed by atoms with E-state index in [-0.39, 0.29) is 11.5 Å². The van der Waals surface area contributed by atoms with Crippen LogP contribution in [0, 0.1) is 5.92 Å². The maximum atomic E-state index is 12.6. The summed E-state index contributed by atoms with van der Waals surface area (Å²) in [6, 6.07) is 12.2. The zero-order valence-electron chi connectivity index (χ0n) is 18.0. The Morgan fingerprint density at radius 3 is 2.29 bits per heavy atom. The molecule has 0 aliphatic heterocycles. The summed E-state index contributed by atoms with van der Waals surface area (Å²) in [5.74, 6) is -0.390. The molecule has 0 aromatic heterocycles. The normalized spacial score (nSPS) is 11.3. The van der Waals surface area contributed by atoms with Crippen molar-refractivity contribution >= 4 is 23.5 Å². The SMILES string of the molecule is CCOc1ccc(C(=O)NNC(=O)C(NC(=O)Nc2ccccc2)C(C)C)cc1OC. The Kier molecular flexibility index (Phi) is 8.68. The zero-order valence-corrected chi connectivity index (χ0v) is 18.0. The molecular formula is C22H28N4O5. The third kappa shape index (κ3) is 6.91. The average Bonchev–Trinajstić information content (AvgIpc) is 2.76. The van der Waals surface area contributed by atoms with Gasteiger partial charge in [-0.15, -0.1) is 0 Å². The van der Waals surface area contributed by atoms with Gasteiger partial charge in [0.1, 0.15) is 6.04 Å². The molecule has 0 aliphatic carbocycles. The molecule has 2 aromatic rings. The number of methoxy groups -OCH3 is 1. The molecule has 0 spiro atoms. The van der Waals surface area contributed by atoms with Crippen LogP contribution in [0.15, 0.2) is 48.5 Å². The highest BCUT2D eigenvalue weighted by molar-refractivity contribution is 5.97. The first-order chi connectivity index (χ1) is 14.8. The van der Waals surface area contributed by atoms with E-state index in [2.05, 4.69) is 21.5 Å². The second kappa shape index (κ2) is 11.4. The van der Waals surface area contributed by atoms with Crippen LogP contribution in [0.4, 0.5) is 10.5 Å². The largest absolute Gasteiger partial charge is 0.493 e. The van der Waals surface area contributed by atoms with Crippen molar-refractivity contribution in [2.45, 2.75) is 26.8 Å². The predicted octanol–water partition coefficient (Wildman–Crippen LogP) is 2.70. The van der Waals surface area contributed by atoms with Crippen molar-refractivity contribution < 1.29 is 23.9 Å². The summed E-state index contributed by atoms with van der Waals surface area (Å²) < 4.78 is 10.7. The lowest BCUT2D eigenvalue weighted by Crippen LogP contribution is -2.55. The molecule has 1 atom stereocenters. The second-order valence-electron chi connectivity index (χ2n) is 6.93. The summed E-state index contributed by atoms with van der Waals surface area (Å²) in [7, 11) is 1.47. The van der Waals surface area contributed by atoms with Crippen molar-refractivity contribution in [2.24, 2.45) is 5.92 Å². The molecule has 0 bridgehead atoms. The molecule has 0 heterocycles. The van der Waals surface area contributed by atoms with Gasteiger partial charge in [0, 0.05) is 11.3 Å². The first-order valence-corrected chi connectivity index (χ1v) is 9.89. The van der Waals surface area contributed by atoms with Gasteiger partial charge in [0.05, 0.1) is 13.7 Å². The smallest absolute Gasteiger partial charge is 0.319 e. The Hall–Kier alpha value is -3.75. The van der Waals surface area contributed by atoms with Gasteiger partial charge in [-0.25, -0.2) is 4.79 Å². The van der Waals surface area contributed by atoms with Crippen LogP contribution >= 0.6 is 0 Å². The van der Waals surface area contributed by atoms with Crippen molar-refractivity contribution in [2.75, 3.05) is 19.0 Å². The number of amides is 4. The van der Waals surface area contributed by atoms with Gasteiger partial charge in [-0.2, -0.15) is 0 Å². The molecule has 31 heavy (non-hydrogen) atoms. The van der Waals surface area contributed by atoms with Gasteiger partial charge in [0.25, 0.3) is 11.8 Å². The van der Waals surface area contributed by atoms with Crippen LogP contribution in [-0.2, 0) is 4.79 Å². The van der Waals surface area contributed by atoms with Crippen molar-refractivity contribution in [1.29, 1.82) is 0 Å². The molecule has 0 aliphatic rings. The molecule has 2 rings (SSSR count). The van der Waals surface area contributed by atoms with E-state index in [0.29, 0.717) is 23.8 Å². The maximum absolute atomic E-state index is 12.6. The van der Waals surface area contributed by atoms with Gasteiger partial charge in [0.2, 0.25) is 0 Å². The summed E-state index contributed by atoms with van der Waals surface area (Å²) >= 11 is 0. The lowest BCUT2D eigenvalue weighted by Gasteiger charge is -2.22. The van der Waals surface area contributed by atoms with Gasteiger partial charge < -0.3 is 20.1 Å². The number of nitrogens with one attached hydrogen (secondary N) is 4. The molecule has 0 radical (unpaired) electrons. The van der Waals surface area contributed by atoms with Crippen LogP contribution in [-0.4, -0.2) is 37.6 Å². The van der Waals surface area contributed by atoms with E-state index >= 15 is 0 Å². The summed E-state index contributed by atoms with van der Waals surface area (Å²) in [5.41, 5.74) is 5.58. The molecule has 0 saturated carbocycles. The molecule has 9 nitrogen and oxygen atoms in total. The van der Waals surface area contributed by atoms with E-state index in [4.69, 9.17) is 9.47 Å².